The van der Waals surface area contributed by atoms with E-state index in [0.29, 0.717) is 17.9 Å². The van der Waals surface area contributed by atoms with Crippen LogP contribution < -0.4 is 11.1 Å². The number of hydrogen-bond acceptors (Lipinski definition) is 6. The number of rotatable bonds is 5. The lowest BCUT2D eigenvalue weighted by Gasteiger charge is -2.36. The van der Waals surface area contributed by atoms with Crippen molar-refractivity contribution < 1.29 is 0 Å². The molecule has 5 aromatic rings. The molecular weight excluding hydrogens is 458 g/mol. The standard InChI is InChI=1S/C30H31N7/c1-20-17-36(18-21(2)33-20)19-22-10-12-24(13-11-22)37-29(25-9-6-16-32-28(25)31)35-27-15-14-26(34-30(27)37)23-7-4-3-5-8-23/h3-16,20-21,33H,17-19H2,1-2H3,(H2,31,32)/t20-,21-/m1/s1. The maximum atomic E-state index is 6.30. The van der Waals surface area contributed by atoms with E-state index in [2.05, 4.69) is 70.0 Å². The highest BCUT2D eigenvalue weighted by Gasteiger charge is 2.22. The number of imidazole rings is 1. The summed E-state index contributed by atoms with van der Waals surface area (Å²) in [5, 5.41) is 3.61. The van der Waals surface area contributed by atoms with Crippen molar-refractivity contribution in [2.45, 2.75) is 32.5 Å². The van der Waals surface area contributed by atoms with Crippen LogP contribution in [0.25, 0.3) is 39.5 Å². The molecule has 0 spiro atoms. The molecular formula is C30H31N7. The van der Waals surface area contributed by atoms with Crippen LogP contribution in [-0.2, 0) is 6.54 Å². The number of anilines is 1. The van der Waals surface area contributed by atoms with E-state index in [1.54, 1.807) is 6.20 Å². The van der Waals surface area contributed by atoms with Gasteiger partial charge < -0.3 is 11.1 Å². The van der Waals surface area contributed by atoms with Gasteiger partial charge in [-0.1, -0.05) is 42.5 Å². The van der Waals surface area contributed by atoms with Crippen LogP contribution >= 0.6 is 0 Å². The first-order chi connectivity index (χ1) is 18.0. The largest absolute Gasteiger partial charge is 0.383 e. The van der Waals surface area contributed by atoms with Gasteiger partial charge in [-0.15, -0.1) is 0 Å². The Labute approximate surface area is 217 Å². The van der Waals surface area contributed by atoms with E-state index in [0.717, 1.165) is 59.1 Å². The highest BCUT2D eigenvalue weighted by Crippen LogP contribution is 2.31. The Bertz CT molecular complexity index is 1520. The monoisotopic (exact) mass is 489 g/mol. The van der Waals surface area contributed by atoms with Crippen molar-refractivity contribution >= 4 is 17.0 Å². The molecule has 4 heterocycles. The van der Waals surface area contributed by atoms with Crippen molar-refractivity contribution in [3.63, 3.8) is 0 Å². The molecule has 186 valence electrons. The molecule has 1 aliphatic rings. The number of benzene rings is 2. The quantitative estimate of drug-likeness (QED) is 0.365. The van der Waals surface area contributed by atoms with Gasteiger partial charge in [-0.25, -0.2) is 15.0 Å². The van der Waals surface area contributed by atoms with E-state index in [9.17, 15) is 0 Å². The molecule has 3 N–H and O–H groups in total. The summed E-state index contributed by atoms with van der Waals surface area (Å²) >= 11 is 0. The summed E-state index contributed by atoms with van der Waals surface area (Å²) in [5.41, 5.74) is 12.9. The van der Waals surface area contributed by atoms with Gasteiger partial charge >= 0.3 is 0 Å². The van der Waals surface area contributed by atoms with Gasteiger partial charge in [-0.3, -0.25) is 9.47 Å². The van der Waals surface area contributed by atoms with E-state index in [1.165, 1.54) is 5.56 Å². The molecule has 0 bridgehead atoms. The average molecular weight is 490 g/mol. The van der Waals surface area contributed by atoms with Gasteiger partial charge in [0.1, 0.15) is 11.3 Å². The average Bonchev–Trinajstić information content (AvgIpc) is 3.28. The van der Waals surface area contributed by atoms with E-state index < -0.39 is 0 Å². The van der Waals surface area contributed by atoms with E-state index >= 15 is 0 Å². The zero-order valence-electron chi connectivity index (χ0n) is 21.2. The van der Waals surface area contributed by atoms with E-state index in [1.807, 2.05) is 42.5 Å². The molecule has 3 aromatic heterocycles. The second kappa shape index (κ2) is 9.76. The number of hydrogen-bond donors (Lipinski definition) is 2. The first-order valence-corrected chi connectivity index (χ1v) is 12.8. The predicted molar refractivity (Wildman–Crippen MR) is 149 cm³/mol. The lowest BCUT2D eigenvalue weighted by molar-refractivity contribution is 0.166. The van der Waals surface area contributed by atoms with Crippen LogP contribution in [0.5, 0.6) is 0 Å². The van der Waals surface area contributed by atoms with Gasteiger partial charge in [0.25, 0.3) is 0 Å². The third kappa shape index (κ3) is 4.71. The number of nitrogens with two attached hydrogens (primary N) is 1. The first-order valence-electron chi connectivity index (χ1n) is 12.8. The molecule has 37 heavy (non-hydrogen) atoms. The number of fused-ring (bicyclic) bond motifs is 1. The molecule has 7 heteroatoms. The van der Waals surface area contributed by atoms with Gasteiger partial charge in [-0.05, 0) is 55.8 Å². The molecule has 2 atom stereocenters. The number of piperazine rings is 1. The summed E-state index contributed by atoms with van der Waals surface area (Å²) < 4.78 is 2.09. The van der Waals surface area contributed by atoms with Crippen LogP contribution in [0.4, 0.5) is 5.82 Å². The molecule has 0 radical (unpaired) electrons. The van der Waals surface area contributed by atoms with Crippen molar-refractivity contribution in [1.29, 1.82) is 0 Å². The van der Waals surface area contributed by atoms with Gasteiger partial charge in [0, 0.05) is 49.2 Å². The van der Waals surface area contributed by atoms with E-state index in [-0.39, 0.29) is 0 Å². The summed E-state index contributed by atoms with van der Waals surface area (Å²) in [6.45, 7) is 7.53. The minimum absolute atomic E-state index is 0.445. The first kappa shape index (κ1) is 23.3. The van der Waals surface area contributed by atoms with Crippen molar-refractivity contribution in [3.8, 4) is 28.3 Å². The van der Waals surface area contributed by atoms with Gasteiger partial charge in [0.15, 0.2) is 11.5 Å². The van der Waals surface area contributed by atoms with Crippen molar-refractivity contribution in [1.82, 2.24) is 29.7 Å². The van der Waals surface area contributed by atoms with Gasteiger partial charge in [0.2, 0.25) is 0 Å². The number of aromatic nitrogens is 4. The Balaban J connectivity index is 1.43. The highest BCUT2D eigenvalue weighted by molar-refractivity contribution is 5.84. The van der Waals surface area contributed by atoms with Crippen molar-refractivity contribution in [2.75, 3.05) is 18.8 Å². The topological polar surface area (TPSA) is 84.9 Å². The maximum absolute atomic E-state index is 6.30. The maximum Gasteiger partial charge on any atom is 0.165 e. The fourth-order valence-electron chi connectivity index (χ4n) is 5.34. The Hall–Kier alpha value is -4.07. The third-order valence-corrected chi connectivity index (χ3v) is 6.89. The molecule has 1 aliphatic heterocycles. The Kier molecular flexibility index (Phi) is 6.16. The lowest BCUT2D eigenvalue weighted by atomic mass is 10.1. The molecule has 0 aliphatic carbocycles. The molecule has 0 unspecified atom stereocenters. The molecule has 7 nitrogen and oxygen atoms in total. The lowest BCUT2D eigenvalue weighted by Crippen LogP contribution is -2.53. The van der Waals surface area contributed by atoms with E-state index in [4.69, 9.17) is 15.7 Å². The smallest absolute Gasteiger partial charge is 0.165 e. The predicted octanol–water partition coefficient (Wildman–Crippen LogP) is 4.91. The van der Waals surface area contributed by atoms with Crippen molar-refractivity contribution in [2.24, 2.45) is 0 Å². The summed E-state index contributed by atoms with van der Waals surface area (Å²) in [6, 6.07) is 27.8. The fourth-order valence-corrected chi connectivity index (χ4v) is 5.34. The van der Waals surface area contributed by atoms with Crippen LogP contribution in [0.15, 0.2) is 85.1 Å². The summed E-state index contributed by atoms with van der Waals surface area (Å²) in [5.74, 6) is 1.18. The molecule has 6 rings (SSSR count). The van der Waals surface area contributed by atoms with Crippen LogP contribution in [0, 0.1) is 0 Å². The Morgan fingerprint density at radius 3 is 2.35 bits per heavy atom. The summed E-state index contributed by atoms with van der Waals surface area (Å²) in [7, 11) is 0. The molecule has 2 aromatic carbocycles. The second-order valence-electron chi connectivity index (χ2n) is 9.94. The number of nitrogens with one attached hydrogen (secondary N) is 1. The molecule has 0 amide bonds. The minimum atomic E-state index is 0.445. The normalized spacial score (nSPS) is 18.3. The van der Waals surface area contributed by atoms with Crippen LogP contribution in [0.2, 0.25) is 0 Å². The Morgan fingerprint density at radius 2 is 1.62 bits per heavy atom. The van der Waals surface area contributed by atoms with Gasteiger partial charge in [0.05, 0.1) is 11.3 Å². The SMILES string of the molecule is C[C@@H]1CN(Cc2ccc(-n3c(-c4cccnc4N)nc4ccc(-c5ccccc5)nc43)cc2)C[C@@H](C)N1. The number of pyridine rings is 2. The van der Waals surface area contributed by atoms with Crippen LogP contribution in [0.3, 0.4) is 0 Å². The molecule has 1 saturated heterocycles. The zero-order chi connectivity index (χ0) is 25.4. The number of nitrogen functional groups attached to an aromatic ring is 1. The summed E-state index contributed by atoms with van der Waals surface area (Å²) in [6.07, 6.45) is 1.70. The van der Waals surface area contributed by atoms with Crippen molar-refractivity contribution in [3.05, 3.63) is 90.6 Å². The van der Waals surface area contributed by atoms with Crippen LogP contribution in [0.1, 0.15) is 19.4 Å². The second-order valence-corrected chi connectivity index (χ2v) is 9.94. The summed E-state index contributed by atoms with van der Waals surface area (Å²) in [4.78, 5) is 16.8. The van der Waals surface area contributed by atoms with Crippen LogP contribution in [-0.4, -0.2) is 49.6 Å². The Morgan fingerprint density at radius 1 is 0.865 bits per heavy atom. The third-order valence-electron chi connectivity index (χ3n) is 6.89. The zero-order valence-corrected chi connectivity index (χ0v) is 21.2. The molecule has 0 saturated carbocycles. The minimum Gasteiger partial charge on any atom is -0.383 e. The number of nitrogens with zero attached hydrogens (tertiary/aromatic N) is 5. The highest BCUT2D eigenvalue weighted by atomic mass is 15.2. The van der Waals surface area contributed by atoms with Gasteiger partial charge in [-0.2, -0.15) is 0 Å². The fraction of sp³-hybridized carbons (Fsp3) is 0.233. The molecule has 1 fully saturated rings.